The molecule has 0 spiro atoms. The third-order valence-corrected chi connectivity index (χ3v) is 7.41. The van der Waals surface area contributed by atoms with Crippen LogP contribution in [0.15, 0.2) is 34.1 Å². The van der Waals surface area contributed by atoms with E-state index in [1.54, 1.807) is 4.90 Å². The lowest BCUT2D eigenvalue weighted by Crippen LogP contribution is -2.50. The first kappa shape index (κ1) is 17.4. The molecule has 0 radical (unpaired) electrons. The van der Waals surface area contributed by atoms with Gasteiger partial charge in [0.05, 0.1) is 9.79 Å². The Hall–Kier alpha value is -1.45. The van der Waals surface area contributed by atoms with Crippen molar-refractivity contribution in [3.8, 4) is 0 Å². The molecular weight excluding hydrogens is 352 g/mol. The van der Waals surface area contributed by atoms with Gasteiger partial charge in [0.1, 0.15) is 0 Å². The zero-order chi connectivity index (χ0) is 17.5. The average Bonchev–Trinajstić information content (AvgIpc) is 3.38. The lowest BCUT2D eigenvalue weighted by molar-refractivity contribution is -0.133. The minimum absolute atomic E-state index is 0.0665. The molecule has 1 aromatic carbocycles. The first-order valence-corrected chi connectivity index (χ1v) is 11.1. The fraction of sp³-hybridized carbons (Fsp3) is 0.533. The number of carbonyl (C=O) groups excluding carboxylic acids is 1. The normalized spacial score (nSPS) is 20.1. The Morgan fingerprint density at radius 1 is 0.917 bits per heavy atom. The molecule has 0 atom stereocenters. The van der Waals surface area contributed by atoms with Gasteiger partial charge in [0.2, 0.25) is 15.9 Å². The Balaban J connectivity index is 1.71. The maximum atomic E-state index is 12.6. The van der Waals surface area contributed by atoms with Gasteiger partial charge in [-0.3, -0.25) is 4.79 Å². The van der Waals surface area contributed by atoms with Crippen LogP contribution in [0.25, 0.3) is 0 Å². The molecule has 0 bridgehead atoms. The molecule has 7 nitrogen and oxygen atoms in total. The molecule has 9 heteroatoms. The van der Waals surface area contributed by atoms with Crippen molar-refractivity contribution in [1.29, 1.82) is 0 Å². The second-order valence-corrected chi connectivity index (χ2v) is 10.2. The van der Waals surface area contributed by atoms with E-state index >= 15 is 0 Å². The lowest BCUT2D eigenvalue weighted by atomic mass is 10.3. The van der Waals surface area contributed by atoms with E-state index in [0.29, 0.717) is 13.1 Å². The number of carbonyl (C=O) groups is 1. The van der Waals surface area contributed by atoms with Gasteiger partial charge in [0.15, 0.2) is 9.84 Å². The molecule has 132 valence electrons. The van der Waals surface area contributed by atoms with Gasteiger partial charge in [-0.25, -0.2) is 16.8 Å². The van der Waals surface area contributed by atoms with Crippen molar-refractivity contribution in [2.24, 2.45) is 5.92 Å². The van der Waals surface area contributed by atoms with E-state index < -0.39 is 19.9 Å². The van der Waals surface area contributed by atoms with Crippen molar-refractivity contribution >= 4 is 25.8 Å². The van der Waals surface area contributed by atoms with Crippen molar-refractivity contribution in [3.63, 3.8) is 0 Å². The molecule has 24 heavy (non-hydrogen) atoms. The summed E-state index contributed by atoms with van der Waals surface area (Å²) in [6, 6.07) is 5.23. The molecule has 1 saturated carbocycles. The van der Waals surface area contributed by atoms with Gasteiger partial charge in [0, 0.05) is 38.4 Å². The molecule has 0 N–H and O–H groups in total. The second kappa shape index (κ2) is 6.12. The number of sulfone groups is 1. The first-order chi connectivity index (χ1) is 11.2. The van der Waals surface area contributed by atoms with E-state index in [1.807, 2.05) is 0 Å². The highest BCUT2D eigenvalue weighted by molar-refractivity contribution is 7.90. The SMILES string of the molecule is CS(=O)(=O)c1ccc(S(=O)(=O)N2CCN(C(=O)C3CC3)CC2)cc1. The number of sulfonamides is 1. The van der Waals surface area contributed by atoms with Gasteiger partial charge in [-0.1, -0.05) is 0 Å². The number of piperazine rings is 1. The summed E-state index contributed by atoms with van der Waals surface area (Å²) in [4.78, 5) is 13.9. The third kappa shape index (κ3) is 3.47. The van der Waals surface area contributed by atoms with Gasteiger partial charge in [0.25, 0.3) is 0 Å². The fourth-order valence-corrected chi connectivity index (χ4v) is 4.80. The van der Waals surface area contributed by atoms with Crippen LogP contribution in [0.4, 0.5) is 0 Å². The van der Waals surface area contributed by atoms with Crippen molar-refractivity contribution in [2.45, 2.75) is 22.6 Å². The number of hydrogen-bond donors (Lipinski definition) is 0. The summed E-state index contributed by atoms with van der Waals surface area (Å²) < 4.78 is 49.6. The zero-order valence-corrected chi connectivity index (χ0v) is 15.0. The third-order valence-electron chi connectivity index (χ3n) is 4.37. The molecule has 0 aromatic heterocycles. The molecule has 3 rings (SSSR count). The Kier molecular flexibility index (Phi) is 4.43. The Bertz CT molecular complexity index is 834. The largest absolute Gasteiger partial charge is 0.340 e. The topological polar surface area (TPSA) is 91.8 Å². The molecule has 1 aromatic rings. The van der Waals surface area contributed by atoms with E-state index in [0.717, 1.165) is 19.1 Å². The van der Waals surface area contributed by atoms with Crippen molar-refractivity contribution < 1.29 is 21.6 Å². The Morgan fingerprint density at radius 3 is 1.88 bits per heavy atom. The van der Waals surface area contributed by atoms with Crippen molar-refractivity contribution in [2.75, 3.05) is 32.4 Å². The van der Waals surface area contributed by atoms with Crippen LogP contribution in [0.3, 0.4) is 0 Å². The van der Waals surface area contributed by atoms with E-state index in [2.05, 4.69) is 0 Å². The fourth-order valence-electron chi connectivity index (χ4n) is 2.75. The molecule has 1 aliphatic carbocycles. The highest BCUT2D eigenvalue weighted by atomic mass is 32.2. The molecule has 1 amide bonds. The van der Waals surface area contributed by atoms with Gasteiger partial charge in [-0.2, -0.15) is 4.31 Å². The zero-order valence-electron chi connectivity index (χ0n) is 13.4. The molecule has 2 fully saturated rings. The lowest BCUT2D eigenvalue weighted by Gasteiger charge is -2.34. The summed E-state index contributed by atoms with van der Waals surface area (Å²) in [6.45, 7) is 1.31. The summed E-state index contributed by atoms with van der Waals surface area (Å²) in [5.41, 5.74) is 0. The van der Waals surface area contributed by atoms with Crippen LogP contribution >= 0.6 is 0 Å². The van der Waals surface area contributed by atoms with Crippen LogP contribution in [-0.2, 0) is 24.7 Å². The average molecular weight is 372 g/mol. The highest BCUT2D eigenvalue weighted by Crippen LogP contribution is 2.31. The van der Waals surface area contributed by atoms with Crippen molar-refractivity contribution in [1.82, 2.24) is 9.21 Å². The number of rotatable bonds is 4. The highest BCUT2D eigenvalue weighted by Gasteiger charge is 2.36. The van der Waals surface area contributed by atoms with Crippen molar-refractivity contribution in [3.05, 3.63) is 24.3 Å². The monoisotopic (exact) mass is 372 g/mol. The smallest absolute Gasteiger partial charge is 0.243 e. The van der Waals surface area contributed by atoms with Crippen LogP contribution in [0.2, 0.25) is 0 Å². The molecule has 1 heterocycles. The summed E-state index contributed by atoms with van der Waals surface area (Å²) in [6.07, 6.45) is 2.95. The summed E-state index contributed by atoms with van der Waals surface area (Å²) in [7, 11) is -7.04. The first-order valence-electron chi connectivity index (χ1n) is 7.78. The summed E-state index contributed by atoms with van der Waals surface area (Å²) in [5, 5.41) is 0. The van der Waals surface area contributed by atoms with Crippen LogP contribution in [0.1, 0.15) is 12.8 Å². The van der Waals surface area contributed by atoms with Gasteiger partial charge >= 0.3 is 0 Å². The van der Waals surface area contributed by atoms with Gasteiger partial charge in [-0.05, 0) is 37.1 Å². The number of hydrogen-bond acceptors (Lipinski definition) is 5. The van der Waals surface area contributed by atoms with E-state index in [-0.39, 0.29) is 34.7 Å². The maximum absolute atomic E-state index is 12.6. The molecular formula is C15H20N2O5S2. The second-order valence-electron chi connectivity index (χ2n) is 6.25. The Labute approximate surface area is 142 Å². The summed E-state index contributed by atoms with van der Waals surface area (Å²) in [5.74, 6) is 0.265. The van der Waals surface area contributed by atoms with Crippen LogP contribution < -0.4 is 0 Å². The minimum Gasteiger partial charge on any atom is -0.340 e. The van der Waals surface area contributed by atoms with E-state index in [4.69, 9.17) is 0 Å². The van der Waals surface area contributed by atoms with Gasteiger partial charge < -0.3 is 4.90 Å². The minimum atomic E-state index is -3.68. The van der Waals surface area contributed by atoms with E-state index in [9.17, 15) is 21.6 Å². The van der Waals surface area contributed by atoms with E-state index in [1.165, 1.54) is 28.6 Å². The van der Waals surface area contributed by atoms with Gasteiger partial charge in [-0.15, -0.1) is 0 Å². The van der Waals surface area contributed by atoms with Crippen LogP contribution in [0, 0.1) is 5.92 Å². The molecule has 0 unspecified atom stereocenters. The predicted octanol–water partition coefficient (Wildman–Crippen LogP) is 0.333. The number of amides is 1. The Morgan fingerprint density at radius 2 is 1.42 bits per heavy atom. The number of benzene rings is 1. The number of nitrogens with zero attached hydrogens (tertiary/aromatic N) is 2. The molecule has 1 aliphatic heterocycles. The molecule has 1 saturated heterocycles. The summed E-state index contributed by atoms with van der Waals surface area (Å²) >= 11 is 0. The quantitative estimate of drug-likeness (QED) is 0.760. The molecule has 2 aliphatic rings. The van der Waals surface area contributed by atoms with Crippen LogP contribution in [-0.4, -0.2) is 64.4 Å². The van der Waals surface area contributed by atoms with Crippen LogP contribution in [0.5, 0.6) is 0 Å². The maximum Gasteiger partial charge on any atom is 0.243 e. The predicted molar refractivity (Wildman–Crippen MR) is 87.6 cm³/mol. The standard InChI is InChI=1S/C15H20N2O5S2/c1-23(19,20)13-4-6-14(7-5-13)24(21,22)17-10-8-16(9-11-17)15(18)12-2-3-12/h4-7,12H,2-3,8-11H2,1H3.